The SMILES string of the molecule is CCC(CC)c1ccc(CNC=O)cc1. The zero-order valence-electron chi connectivity index (χ0n) is 9.49. The number of hydrogen-bond acceptors (Lipinski definition) is 1. The van der Waals surface area contributed by atoms with E-state index < -0.39 is 0 Å². The number of amides is 1. The van der Waals surface area contributed by atoms with Gasteiger partial charge in [0, 0.05) is 6.54 Å². The van der Waals surface area contributed by atoms with Gasteiger partial charge < -0.3 is 5.32 Å². The Morgan fingerprint density at radius 2 is 1.80 bits per heavy atom. The Hall–Kier alpha value is -1.31. The van der Waals surface area contributed by atoms with Crippen LogP contribution in [0.2, 0.25) is 0 Å². The van der Waals surface area contributed by atoms with Gasteiger partial charge in [0.05, 0.1) is 0 Å². The molecule has 0 fully saturated rings. The molecule has 2 heteroatoms. The van der Waals surface area contributed by atoms with Gasteiger partial charge in [-0.15, -0.1) is 0 Å². The van der Waals surface area contributed by atoms with E-state index in [2.05, 4.69) is 43.4 Å². The summed E-state index contributed by atoms with van der Waals surface area (Å²) in [6.45, 7) is 5.05. The Morgan fingerprint density at radius 3 is 2.27 bits per heavy atom. The van der Waals surface area contributed by atoms with Gasteiger partial charge in [-0.2, -0.15) is 0 Å². The topological polar surface area (TPSA) is 29.1 Å². The van der Waals surface area contributed by atoms with Crippen LogP contribution in [0.15, 0.2) is 24.3 Å². The second-order valence-electron chi connectivity index (χ2n) is 3.75. The maximum atomic E-state index is 10.1. The maximum absolute atomic E-state index is 10.1. The van der Waals surface area contributed by atoms with Crippen LogP contribution in [0.3, 0.4) is 0 Å². The first-order valence-electron chi connectivity index (χ1n) is 5.57. The minimum absolute atomic E-state index is 0.618. The van der Waals surface area contributed by atoms with E-state index in [9.17, 15) is 4.79 Å². The highest BCUT2D eigenvalue weighted by Gasteiger charge is 2.05. The van der Waals surface area contributed by atoms with Gasteiger partial charge in [-0.25, -0.2) is 0 Å². The summed E-state index contributed by atoms with van der Waals surface area (Å²) in [4.78, 5) is 10.1. The molecule has 0 saturated heterocycles. The van der Waals surface area contributed by atoms with E-state index in [1.807, 2.05) is 0 Å². The van der Waals surface area contributed by atoms with Crippen molar-refractivity contribution in [3.05, 3.63) is 35.4 Å². The summed E-state index contributed by atoms with van der Waals surface area (Å²) < 4.78 is 0. The first-order chi connectivity index (χ1) is 7.31. The van der Waals surface area contributed by atoms with Crippen molar-refractivity contribution in [2.75, 3.05) is 0 Å². The highest BCUT2D eigenvalue weighted by Crippen LogP contribution is 2.22. The molecule has 1 rings (SSSR count). The molecule has 0 atom stereocenters. The summed E-state index contributed by atoms with van der Waals surface area (Å²) in [6, 6.07) is 8.51. The first kappa shape index (κ1) is 11.8. The summed E-state index contributed by atoms with van der Waals surface area (Å²) in [5.74, 6) is 0.665. The third-order valence-corrected chi connectivity index (χ3v) is 2.83. The second kappa shape index (κ2) is 6.23. The van der Waals surface area contributed by atoms with Crippen LogP contribution in [0.25, 0.3) is 0 Å². The average molecular weight is 205 g/mol. The van der Waals surface area contributed by atoms with Gasteiger partial charge in [-0.1, -0.05) is 38.1 Å². The molecule has 1 aromatic rings. The molecule has 0 aliphatic rings. The van der Waals surface area contributed by atoms with Crippen molar-refractivity contribution in [2.24, 2.45) is 0 Å². The molecule has 0 spiro atoms. The van der Waals surface area contributed by atoms with Gasteiger partial charge in [-0.05, 0) is 29.9 Å². The zero-order valence-corrected chi connectivity index (χ0v) is 9.49. The lowest BCUT2D eigenvalue weighted by Gasteiger charge is -2.13. The monoisotopic (exact) mass is 205 g/mol. The van der Waals surface area contributed by atoms with E-state index in [1.165, 1.54) is 18.4 Å². The smallest absolute Gasteiger partial charge is 0.207 e. The normalized spacial score (nSPS) is 10.3. The van der Waals surface area contributed by atoms with E-state index in [0.29, 0.717) is 12.5 Å². The second-order valence-corrected chi connectivity index (χ2v) is 3.75. The van der Waals surface area contributed by atoms with E-state index in [0.717, 1.165) is 12.0 Å². The molecule has 0 radical (unpaired) electrons. The lowest BCUT2D eigenvalue weighted by molar-refractivity contribution is -0.109. The molecule has 0 bridgehead atoms. The molecule has 0 unspecified atom stereocenters. The van der Waals surface area contributed by atoms with Crippen LogP contribution in [-0.4, -0.2) is 6.41 Å². The number of nitrogens with one attached hydrogen (secondary N) is 1. The number of benzene rings is 1. The minimum atomic E-state index is 0.618. The predicted octanol–water partition coefficient (Wildman–Crippen LogP) is 2.84. The predicted molar refractivity (Wildman–Crippen MR) is 62.7 cm³/mol. The standard InChI is InChI=1S/C13H19NO/c1-3-12(4-2)13-7-5-11(6-8-13)9-14-10-15/h5-8,10,12H,3-4,9H2,1-2H3,(H,14,15). The van der Waals surface area contributed by atoms with Crippen LogP contribution in [-0.2, 0) is 11.3 Å². The highest BCUT2D eigenvalue weighted by atomic mass is 16.1. The van der Waals surface area contributed by atoms with E-state index in [4.69, 9.17) is 0 Å². The van der Waals surface area contributed by atoms with Gasteiger partial charge >= 0.3 is 0 Å². The van der Waals surface area contributed by atoms with E-state index in [1.54, 1.807) is 0 Å². The molecular formula is C13H19NO. The fraction of sp³-hybridized carbons (Fsp3) is 0.462. The number of hydrogen-bond donors (Lipinski definition) is 1. The van der Waals surface area contributed by atoms with Crippen LogP contribution in [0.5, 0.6) is 0 Å². The molecule has 1 amide bonds. The molecule has 0 saturated carbocycles. The number of carbonyl (C=O) groups excluding carboxylic acids is 1. The molecule has 2 nitrogen and oxygen atoms in total. The van der Waals surface area contributed by atoms with E-state index >= 15 is 0 Å². The average Bonchev–Trinajstić information content (AvgIpc) is 2.29. The summed E-state index contributed by atoms with van der Waals surface area (Å²) >= 11 is 0. The van der Waals surface area contributed by atoms with Crippen LogP contribution in [0.4, 0.5) is 0 Å². The van der Waals surface area contributed by atoms with Gasteiger partial charge in [0.2, 0.25) is 6.41 Å². The summed E-state index contributed by atoms with van der Waals surface area (Å²) in [5, 5.41) is 2.66. The fourth-order valence-corrected chi connectivity index (χ4v) is 1.83. The third kappa shape index (κ3) is 3.39. The third-order valence-electron chi connectivity index (χ3n) is 2.83. The summed E-state index contributed by atoms with van der Waals surface area (Å²) in [6.07, 6.45) is 3.10. The summed E-state index contributed by atoms with van der Waals surface area (Å²) in [5.41, 5.74) is 2.55. The lowest BCUT2D eigenvalue weighted by atomic mass is 9.93. The molecule has 1 N–H and O–H groups in total. The van der Waals surface area contributed by atoms with Crippen LogP contribution >= 0.6 is 0 Å². The van der Waals surface area contributed by atoms with Gasteiger partial charge in [0.15, 0.2) is 0 Å². The van der Waals surface area contributed by atoms with Crippen molar-refractivity contribution < 1.29 is 4.79 Å². The Balaban J connectivity index is 2.66. The largest absolute Gasteiger partial charge is 0.355 e. The van der Waals surface area contributed by atoms with Crippen LogP contribution in [0.1, 0.15) is 43.7 Å². The molecule has 0 heterocycles. The molecule has 0 aliphatic carbocycles. The summed E-state index contributed by atoms with van der Waals surface area (Å²) in [7, 11) is 0. The van der Waals surface area contributed by atoms with Crippen molar-refractivity contribution in [1.29, 1.82) is 0 Å². The Kier molecular flexibility index (Phi) is 4.88. The van der Waals surface area contributed by atoms with Crippen molar-refractivity contribution in [2.45, 2.75) is 39.2 Å². The molecule has 0 aliphatic heterocycles. The van der Waals surface area contributed by atoms with Gasteiger partial charge in [0.1, 0.15) is 0 Å². The van der Waals surface area contributed by atoms with Crippen molar-refractivity contribution in [3.63, 3.8) is 0 Å². The Morgan fingerprint density at radius 1 is 1.20 bits per heavy atom. The van der Waals surface area contributed by atoms with Crippen molar-refractivity contribution >= 4 is 6.41 Å². The lowest BCUT2D eigenvalue weighted by Crippen LogP contribution is -2.09. The maximum Gasteiger partial charge on any atom is 0.207 e. The molecule has 82 valence electrons. The number of carbonyl (C=O) groups is 1. The van der Waals surface area contributed by atoms with Crippen LogP contribution in [0, 0.1) is 0 Å². The van der Waals surface area contributed by atoms with Gasteiger partial charge in [0.25, 0.3) is 0 Å². The fourth-order valence-electron chi connectivity index (χ4n) is 1.83. The van der Waals surface area contributed by atoms with Gasteiger partial charge in [-0.3, -0.25) is 4.79 Å². The van der Waals surface area contributed by atoms with Crippen LogP contribution < -0.4 is 5.32 Å². The Bertz CT molecular complexity index is 288. The van der Waals surface area contributed by atoms with E-state index in [-0.39, 0.29) is 0 Å². The quantitative estimate of drug-likeness (QED) is 0.711. The molecule has 0 aromatic heterocycles. The minimum Gasteiger partial charge on any atom is -0.355 e. The highest BCUT2D eigenvalue weighted by molar-refractivity contribution is 5.46. The van der Waals surface area contributed by atoms with Crippen molar-refractivity contribution in [3.8, 4) is 0 Å². The zero-order chi connectivity index (χ0) is 11.1. The number of rotatable bonds is 6. The molecular weight excluding hydrogens is 186 g/mol. The van der Waals surface area contributed by atoms with Crippen molar-refractivity contribution in [1.82, 2.24) is 5.32 Å². The Labute approximate surface area is 91.7 Å². The first-order valence-corrected chi connectivity index (χ1v) is 5.57. The molecule has 15 heavy (non-hydrogen) atoms. The molecule has 1 aromatic carbocycles.